The monoisotopic (exact) mass is 425 g/mol. The molecule has 0 aliphatic carbocycles. The highest BCUT2D eigenvalue weighted by molar-refractivity contribution is 6.10. The Balaban J connectivity index is 1.90. The molecule has 1 amide bonds. The summed E-state index contributed by atoms with van der Waals surface area (Å²) in [7, 11) is 1.86. The Bertz CT molecular complexity index is 1170. The highest BCUT2D eigenvalue weighted by Crippen LogP contribution is 2.17. The smallest absolute Gasteiger partial charge is 0.258 e. The second-order valence-corrected chi connectivity index (χ2v) is 7.46. The third-order valence-corrected chi connectivity index (χ3v) is 5.10. The molecule has 0 spiro atoms. The highest BCUT2D eigenvalue weighted by atomic mass is 19.2. The zero-order valence-electron chi connectivity index (χ0n) is 18.2. The van der Waals surface area contributed by atoms with Crippen molar-refractivity contribution in [2.45, 2.75) is 34.2 Å². The van der Waals surface area contributed by atoms with E-state index >= 15 is 0 Å². The van der Waals surface area contributed by atoms with Gasteiger partial charge in [-0.1, -0.05) is 17.7 Å². The number of hydrogen-bond acceptors (Lipinski definition) is 3. The van der Waals surface area contributed by atoms with Gasteiger partial charge in [0.15, 0.2) is 11.6 Å². The van der Waals surface area contributed by atoms with E-state index in [1.54, 1.807) is 4.68 Å². The van der Waals surface area contributed by atoms with Gasteiger partial charge in [0.05, 0.1) is 12.2 Å². The lowest BCUT2D eigenvalue weighted by Gasteiger charge is -2.14. The van der Waals surface area contributed by atoms with Crippen molar-refractivity contribution in [1.82, 2.24) is 15.1 Å². The quantitative estimate of drug-likeness (QED) is 0.483. The van der Waals surface area contributed by atoms with Crippen LogP contribution < -0.4 is 10.6 Å². The molecule has 162 valence electrons. The van der Waals surface area contributed by atoms with Crippen LogP contribution in [0.5, 0.6) is 0 Å². The summed E-state index contributed by atoms with van der Waals surface area (Å²) in [5, 5.41) is 10.2. The van der Waals surface area contributed by atoms with Gasteiger partial charge < -0.3 is 5.32 Å². The number of aromatic nitrogens is 2. The normalized spacial score (nSPS) is 11.5. The second kappa shape index (κ2) is 9.07. The number of benzene rings is 2. The lowest BCUT2D eigenvalue weighted by atomic mass is 10.1. The molecular formula is C23H25F2N5O. The van der Waals surface area contributed by atoms with E-state index in [9.17, 15) is 13.6 Å². The number of guanidine groups is 1. The molecule has 0 radical (unpaired) electrons. The van der Waals surface area contributed by atoms with Crippen molar-refractivity contribution in [2.24, 2.45) is 12.0 Å². The third kappa shape index (κ3) is 5.14. The minimum absolute atomic E-state index is 0.0113. The molecule has 1 heterocycles. The van der Waals surface area contributed by atoms with E-state index in [0.717, 1.165) is 45.9 Å². The van der Waals surface area contributed by atoms with E-state index in [-0.39, 0.29) is 18.1 Å². The van der Waals surface area contributed by atoms with Crippen molar-refractivity contribution in [2.75, 3.05) is 5.32 Å². The Kier molecular flexibility index (Phi) is 6.48. The minimum atomic E-state index is -1.09. The van der Waals surface area contributed by atoms with Crippen molar-refractivity contribution in [3.05, 3.63) is 81.7 Å². The molecule has 1 aromatic heterocycles. The molecule has 8 heteroatoms. The fraction of sp³-hybridized carbons (Fsp3) is 0.261. The first-order chi connectivity index (χ1) is 14.7. The van der Waals surface area contributed by atoms with Crippen molar-refractivity contribution in [3.63, 3.8) is 0 Å². The van der Waals surface area contributed by atoms with Crippen LogP contribution in [0.3, 0.4) is 0 Å². The van der Waals surface area contributed by atoms with Gasteiger partial charge in [-0.2, -0.15) is 5.10 Å². The van der Waals surface area contributed by atoms with E-state index in [0.29, 0.717) is 0 Å². The maximum Gasteiger partial charge on any atom is 0.258 e. The summed E-state index contributed by atoms with van der Waals surface area (Å²) in [6, 6.07) is 8.84. The summed E-state index contributed by atoms with van der Waals surface area (Å²) in [6.07, 6.45) is 0. The summed E-state index contributed by atoms with van der Waals surface area (Å²) < 4.78 is 28.6. The predicted octanol–water partition coefficient (Wildman–Crippen LogP) is 4.33. The number of nitrogens with zero attached hydrogens (tertiary/aromatic N) is 3. The van der Waals surface area contributed by atoms with Gasteiger partial charge in [0.2, 0.25) is 5.96 Å². The number of halogens is 2. The van der Waals surface area contributed by atoms with E-state index in [2.05, 4.69) is 20.7 Å². The summed E-state index contributed by atoms with van der Waals surface area (Å²) in [4.78, 5) is 17.2. The van der Waals surface area contributed by atoms with Crippen molar-refractivity contribution in [1.29, 1.82) is 0 Å². The van der Waals surface area contributed by atoms with Gasteiger partial charge in [-0.15, -0.1) is 0 Å². The van der Waals surface area contributed by atoms with Crippen LogP contribution in [0.2, 0.25) is 0 Å². The Hall–Kier alpha value is -3.55. The van der Waals surface area contributed by atoms with Crippen molar-refractivity contribution >= 4 is 17.6 Å². The summed E-state index contributed by atoms with van der Waals surface area (Å²) in [5.41, 5.74) is 5.61. The highest BCUT2D eigenvalue weighted by Gasteiger charge is 2.14. The second-order valence-electron chi connectivity index (χ2n) is 7.46. The number of nitrogens with one attached hydrogen (secondary N) is 2. The van der Waals surface area contributed by atoms with Crippen LogP contribution in [0.15, 0.2) is 41.4 Å². The van der Waals surface area contributed by atoms with Crippen LogP contribution in [0.1, 0.15) is 38.4 Å². The van der Waals surface area contributed by atoms with E-state index in [1.807, 2.05) is 52.9 Å². The zero-order valence-corrected chi connectivity index (χ0v) is 18.2. The fourth-order valence-corrected chi connectivity index (χ4v) is 3.21. The molecule has 0 saturated heterocycles. The lowest BCUT2D eigenvalue weighted by molar-refractivity contribution is 0.0976. The molecule has 0 unspecified atom stereocenters. The van der Waals surface area contributed by atoms with E-state index in [4.69, 9.17) is 0 Å². The molecule has 0 aliphatic heterocycles. The number of aliphatic imine (C=N–C) groups is 1. The van der Waals surface area contributed by atoms with Crippen LogP contribution in [0.25, 0.3) is 0 Å². The van der Waals surface area contributed by atoms with Crippen LogP contribution in [-0.4, -0.2) is 21.6 Å². The van der Waals surface area contributed by atoms with E-state index in [1.165, 1.54) is 6.07 Å². The largest absolute Gasteiger partial charge is 0.326 e. The summed E-state index contributed by atoms with van der Waals surface area (Å²) >= 11 is 0. The first-order valence-corrected chi connectivity index (χ1v) is 9.80. The molecule has 0 fully saturated rings. The molecule has 0 saturated carbocycles. The van der Waals surface area contributed by atoms with Gasteiger partial charge >= 0.3 is 0 Å². The first-order valence-electron chi connectivity index (χ1n) is 9.80. The Morgan fingerprint density at radius 2 is 1.81 bits per heavy atom. The van der Waals surface area contributed by atoms with Crippen molar-refractivity contribution < 1.29 is 13.6 Å². The molecule has 0 atom stereocenters. The Morgan fingerprint density at radius 3 is 2.42 bits per heavy atom. The number of hydrogen-bond donors (Lipinski definition) is 2. The SMILES string of the molecule is Cc1ccc(NC(=NCc2c(C)nn(C)c2C)NC(=O)c2ccc(F)c(F)c2)c(C)c1. The zero-order chi connectivity index (χ0) is 22.7. The van der Waals surface area contributed by atoms with Gasteiger partial charge in [0.25, 0.3) is 5.91 Å². The third-order valence-electron chi connectivity index (χ3n) is 5.10. The molecule has 0 aliphatic rings. The van der Waals surface area contributed by atoms with Crippen LogP contribution in [0.4, 0.5) is 14.5 Å². The van der Waals surface area contributed by atoms with Crippen LogP contribution in [0, 0.1) is 39.3 Å². The molecular weight excluding hydrogens is 400 g/mol. The summed E-state index contributed by atoms with van der Waals surface area (Å²) in [5.74, 6) is -2.50. The summed E-state index contributed by atoms with van der Waals surface area (Å²) in [6.45, 7) is 8.07. The fourth-order valence-electron chi connectivity index (χ4n) is 3.21. The molecule has 6 nitrogen and oxygen atoms in total. The first kappa shape index (κ1) is 22.1. The number of carbonyl (C=O) groups is 1. The molecule has 31 heavy (non-hydrogen) atoms. The van der Waals surface area contributed by atoms with Gasteiger partial charge in [-0.05, 0) is 57.5 Å². The maximum atomic E-state index is 13.6. The number of anilines is 1. The van der Waals surface area contributed by atoms with Gasteiger partial charge in [0, 0.05) is 29.6 Å². The van der Waals surface area contributed by atoms with Crippen molar-refractivity contribution in [3.8, 4) is 0 Å². The van der Waals surface area contributed by atoms with E-state index < -0.39 is 17.5 Å². The number of rotatable bonds is 4. The predicted molar refractivity (Wildman–Crippen MR) is 117 cm³/mol. The topological polar surface area (TPSA) is 71.3 Å². The molecule has 0 bridgehead atoms. The van der Waals surface area contributed by atoms with Crippen LogP contribution in [-0.2, 0) is 13.6 Å². The minimum Gasteiger partial charge on any atom is -0.326 e. The molecule has 3 rings (SSSR count). The average Bonchev–Trinajstić information content (AvgIpc) is 2.95. The number of amides is 1. The number of aryl methyl sites for hydroxylation is 4. The number of carbonyl (C=O) groups excluding carboxylic acids is 1. The van der Waals surface area contributed by atoms with Crippen LogP contribution >= 0.6 is 0 Å². The maximum absolute atomic E-state index is 13.6. The lowest BCUT2D eigenvalue weighted by Crippen LogP contribution is -2.36. The standard InChI is InChI=1S/C23H25F2N5O/c1-13-6-9-21(14(2)10-13)27-23(26-12-18-15(3)29-30(5)16(18)4)28-22(31)17-7-8-19(24)20(25)11-17/h6-11H,12H2,1-5H3,(H2,26,27,28,31). The van der Waals surface area contributed by atoms with Gasteiger partial charge in [-0.3, -0.25) is 14.8 Å². The molecule has 2 aromatic carbocycles. The molecule has 3 aromatic rings. The Morgan fingerprint density at radius 1 is 1.06 bits per heavy atom. The average molecular weight is 425 g/mol. The Labute approximate surface area is 180 Å². The van der Waals surface area contributed by atoms with Gasteiger partial charge in [0.1, 0.15) is 0 Å². The molecule has 2 N–H and O–H groups in total. The van der Waals surface area contributed by atoms with Gasteiger partial charge in [-0.25, -0.2) is 13.8 Å².